The lowest BCUT2D eigenvalue weighted by Crippen LogP contribution is -3.13. The van der Waals surface area contributed by atoms with Crippen LogP contribution < -0.4 is 4.90 Å². The number of carbonyl (C=O) groups excluding carboxylic acids is 1. The summed E-state index contributed by atoms with van der Waals surface area (Å²) < 4.78 is 13.1. The first-order chi connectivity index (χ1) is 14.6. The van der Waals surface area contributed by atoms with Gasteiger partial charge in [0.15, 0.2) is 11.4 Å². The minimum atomic E-state index is -1.05. The third-order valence-corrected chi connectivity index (χ3v) is 6.07. The van der Waals surface area contributed by atoms with Crippen molar-refractivity contribution in [3.8, 4) is 0 Å². The molecule has 0 saturated heterocycles. The summed E-state index contributed by atoms with van der Waals surface area (Å²) in [4.78, 5) is 13.7. The van der Waals surface area contributed by atoms with Crippen LogP contribution in [0.15, 0.2) is 78.9 Å². The van der Waals surface area contributed by atoms with E-state index >= 15 is 0 Å². The van der Waals surface area contributed by atoms with Gasteiger partial charge in [0.1, 0.15) is 12.4 Å². The molecule has 3 aromatic carbocycles. The minimum Gasteiger partial charge on any atom is -0.375 e. The van der Waals surface area contributed by atoms with Crippen molar-refractivity contribution in [1.29, 1.82) is 0 Å². The number of hydrogen-bond donors (Lipinski definition) is 2. The lowest BCUT2D eigenvalue weighted by Gasteiger charge is -2.31. The third-order valence-electron chi connectivity index (χ3n) is 6.07. The molecule has 154 valence electrons. The number of quaternary nitrogens is 1. The molecule has 3 aromatic rings. The third kappa shape index (κ3) is 4.35. The molecular weight excluding hydrogens is 377 g/mol. The summed E-state index contributed by atoms with van der Waals surface area (Å²) in [6.07, 6.45) is 2.05. The number of carbonyl (C=O) groups is 1. The molecule has 3 nitrogen and oxygen atoms in total. The highest BCUT2D eigenvalue weighted by Gasteiger charge is 2.39. The van der Waals surface area contributed by atoms with Crippen LogP contribution in [0.1, 0.15) is 39.9 Å². The normalized spacial score (nSPS) is 20.9. The molecule has 0 bridgehead atoms. The maximum absolute atomic E-state index is 13.1. The Hall–Kier alpha value is -2.82. The highest BCUT2D eigenvalue weighted by atomic mass is 19.1. The Morgan fingerprint density at radius 3 is 2.43 bits per heavy atom. The second kappa shape index (κ2) is 8.90. The Kier molecular flexibility index (Phi) is 6.07. The predicted molar refractivity (Wildman–Crippen MR) is 115 cm³/mol. The van der Waals surface area contributed by atoms with Crippen molar-refractivity contribution in [3.63, 3.8) is 0 Å². The fourth-order valence-corrected chi connectivity index (χ4v) is 4.46. The summed E-state index contributed by atoms with van der Waals surface area (Å²) in [7, 11) is 0. The number of ketones is 1. The van der Waals surface area contributed by atoms with E-state index in [1.165, 1.54) is 22.6 Å². The van der Waals surface area contributed by atoms with Crippen LogP contribution in [0.4, 0.5) is 4.39 Å². The first-order valence-electron chi connectivity index (χ1n) is 10.5. The minimum absolute atomic E-state index is 0.0332. The van der Waals surface area contributed by atoms with Gasteiger partial charge in [0, 0.05) is 24.8 Å². The van der Waals surface area contributed by atoms with Crippen LogP contribution in [0.3, 0.4) is 0 Å². The van der Waals surface area contributed by atoms with Gasteiger partial charge in [0.05, 0.1) is 13.1 Å². The Morgan fingerprint density at radius 1 is 0.967 bits per heavy atom. The number of benzene rings is 3. The lowest BCUT2D eigenvalue weighted by molar-refractivity contribution is -0.905. The molecule has 0 spiro atoms. The summed E-state index contributed by atoms with van der Waals surface area (Å²) in [6.45, 7) is 2.28. The van der Waals surface area contributed by atoms with E-state index < -0.39 is 5.60 Å². The number of aliphatic hydroxyl groups is 1. The van der Waals surface area contributed by atoms with Gasteiger partial charge in [-0.05, 0) is 41.0 Å². The second-order valence-electron chi connectivity index (χ2n) is 8.09. The first-order valence-corrected chi connectivity index (χ1v) is 10.5. The van der Waals surface area contributed by atoms with Gasteiger partial charge in [0.25, 0.3) is 0 Å². The van der Waals surface area contributed by atoms with Crippen LogP contribution in [0.2, 0.25) is 0 Å². The van der Waals surface area contributed by atoms with Gasteiger partial charge in [-0.25, -0.2) is 4.39 Å². The smallest absolute Gasteiger partial charge is 0.164 e. The fraction of sp³-hybridized carbons (Fsp3) is 0.269. The molecule has 1 unspecified atom stereocenters. The van der Waals surface area contributed by atoms with Crippen LogP contribution in [-0.4, -0.2) is 30.5 Å². The Labute approximate surface area is 176 Å². The van der Waals surface area contributed by atoms with Crippen molar-refractivity contribution >= 4 is 5.78 Å². The summed E-state index contributed by atoms with van der Waals surface area (Å²) in [5, 5.41) is 11.8. The number of hydrogen-bond acceptors (Lipinski definition) is 2. The van der Waals surface area contributed by atoms with Crippen LogP contribution in [-0.2, 0) is 12.0 Å². The van der Waals surface area contributed by atoms with E-state index in [1.54, 1.807) is 12.1 Å². The van der Waals surface area contributed by atoms with E-state index in [1.807, 2.05) is 48.5 Å². The van der Waals surface area contributed by atoms with E-state index in [4.69, 9.17) is 0 Å². The highest BCUT2D eigenvalue weighted by molar-refractivity contribution is 5.95. The standard InChI is InChI=1S/C26H26FNO2/c27-23-14-12-21(13-15-23)25(29)11-6-17-28-18-16-20-7-4-5-10-24(20)26(30,19-28)22-8-2-1-3-9-22/h1-5,7-10,12-15,30H,6,11,16-19H2/p+1/t26-/m1/s1. The summed E-state index contributed by atoms with van der Waals surface area (Å²) in [5.74, 6) is -0.300. The number of nitrogens with one attached hydrogen (secondary N) is 1. The zero-order valence-electron chi connectivity index (χ0n) is 17.0. The summed E-state index contributed by atoms with van der Waals surface area (Å²) >= 11 is 0. The fourth-order valence-electron chi connectivity index (χ4n) is 4.46. The van der Waals surface area contributed by atoms with Crippen LogP contribution >= 0.6 is 0 Å². The molecule has 4 heteroatoms. The molecule has 1 aliphatic rings. The number of fused-ring (bicyclic) bond motifs is 1. The molecule has 1 heterocycles. The Morgan fingerprint density at radius 2 is 1.67 bits per heavy atom. The number of halogens is 1. The largest absolute Gasteiger partial charge is 0.375 e. The topological polar surface area (TPSA) is 41.7 Å². The average molecular weight is 405 g/mol. The van der Waals surface area contributed by atoms with E-state index in [0.717, 1.165) is 37.1 Å². The Bertz CT molecular complexity index is 1000. The van der Waals surface area contributed by atoms with Gasteiger partial charge in [0.2, 0.25) is 0 Å². The molecule has 30 heavy (non-hydrogen) atoms. The van der Waals surface area contributed by atoms with E-state index in [-0.39, 0.29) is 11.6 Å². The highest BCUT2D eigenvalue weighted by Crippen LogP contribution is 2.32. The van der Waals surface area contributed by atoms with Gasteiger partial charge < -0.3 is 10.0 Å². The molecular formula is C26H27FNO2+. The zero-order valence-corrected chi connectivity index (χ0v) is 17.0. The summed E-state index contributed by atoms with van der Waals surface area (Å²) in [6, 6.07) is 23.7. The van der Waals surface area contributed by atoms with Gasteiger partial charge in [-0.3, -0.25) is 4.79 Å². The van der Waals surface area contributed by atoms with Crippen molar-refractivity contribution in [2.45, 2.75) is 24.9 Å². The second-order valence-corrected chi connectivity index (χ2v) is 8.09. The molecule has 0 fully saturated rings. The van der Waals surface area contributed by atoms with Crippen molar-refractivity contribution in [2.75, 3.05) is 19.6 Å². The van der Waals surface area contributed by atoms with Crippen molar-refractivity contribution < 1.29 is 19.2 Å². The molecule has 0 amide bonds. The molecule has 0 aliphatic carbocycles. The SMILES string of the molecule is O=C(CCC[NH+]1CCc2ccccc2[C@](O)(c2ccccc2)C1)c1ccc(F)cc1. The maximum Gasteiger partial charge on any atom is 0.164 e. The van der Waals surface area contributed by atoms with E-state index in [9.17, 15) is 14.3 Å². The first kappa shape index (κ1) is 20.5. The van der Waals surface area contributed by atoms with Gasteiger partial charge in [-0.1, -0.05) is 54.6 Å². The summed E-state index contributed by atoms with van der Waals surface area (Å²) in [5.41, 5.74) is 2.56. The van der Waals surface area contributed by atoms with Gasteiger partial charge in [-0.15, -0.1) is 0 Å². The van der Waals surface area contributed by atoms with Crippen LogP contribution in [0.5, 0.6) is 0 Å². The number of Topliss-reactive ketones (excluding diaryl/α,β-unsaturated/α-hetero) is 1. The van der Waals surface area contributed by atoms with Crippen molar-refractivity contribution in [3.05, 3.63) is 107 Å². The molecule has 4 rings (SSSR count). The number of rotatable bonds is 6. The molecule has 0 aromatic heterocycles. The van der Waals surface area contributed by atoms with Gasteiger partial charge >= 0.3 is 0 Å². The molecule has 0 saturated carbocycles. The van der Waals surface area contributed by atoms with E-state index in [0.29, 0.717) is 18.5 Å². The molecule has 1 aliphatic heterocycles. The monoisotopic (exact) mass is 404 g/mol. The van der Waals surface area contributed by atoms with Gasteiger partial charge in [-0.2, -0.15) is 0 Å². The van der Waals surface area contributed by atoms with Crippen LogP contribution in [0.25, 0.3) is 0 Å². The quantitative estimate of drug-likeness (QED) is 0.620. The Balaban J connectivity index is 1.48. The zero-order chi connectivity index (χ0) is 21.0. The van der Waals surface area contributed by atoms with Crippen molar-refractivity contribution in [2.24, 2.45) is 0 Å². The molecule has 2 atom stereocenters. The van der Waals surface area contributed by atoms with Crippen LogP contribution in [0, 0.1) is 5.82 Å². The average Bonchev–Trinajstić information content (AvgIpc) is 2.92. The maximum atomic E-state index is 13.1. The lowest BCUT2D eigenvalue weighted by atomic mass is 9.83. The van der Waals surface area contributed by atoms with Crippen molar-refractivity contribution in [1.82, 2.24) is 0 Å². The van der Waals surface area contributed by atoms with E-state index in [2.05, 4.69) is 6.07 Å². The predicted octanol–water partition coefficient (Wildman–Crippen LogP) is 3.17. The molecule has 2 N–H and O–H groups in total. The molecule has 0 radical (unpaired) electrons.